The Balaban J connectivity index is 2.23. The molecule has 0 amide bonds. The van der Waals surface area contributed by atoms with Gasteiger partial charge >= 0.3 is 0 Å². The number of fused-ring (bicyclic) bond motifs is 1. The number of nitrogen functional groups attached to an aromatic ring is 1. The van der Waals surface area contributed by atoms with Crippen molar-refractivity contribution in [1.82, 2.24) is 9.88 Å². The van der Waals surface area contributed by atoms with Crippen molar-refractivity contribution in [2.24, 2.45) is 0 Å². The molecule has 1 aromatic heterocycles. The quantitative estimate of drug-likeness (QED) is 0.892. The van der Waals surface area contributed by atoms with E-state index in [1.807, 2.05) is 31.1 Å². The van der Waals surface area contributed by atoms with Gasteiger partial charge < -0.3 is 15.7 Å². The Morgan fingerprint density at radius 1 is 1.46 bits per heavy atom. The number of anilines is 1. The molecule has 3 rings (SSSR count). The predicted octanol–water partition coefficient (Wildman–Crippen LogP) is 3.28. The molecule has 0 unspecified atom stereocenters. The van der Waals surface area contributed by atoms with Gasteiger partial charge in [-0.1, -0.05) is 6.07 Å². The molecule has 1 aliphatic rings. The molecule has 24 heavy (non-hydrogen) atoms. The van der Waals surface area contributed by atoms with Crippen LogP contribution < -0.4 is 5.73 Å². The third-order valence-corrected chi connectivity index (χ3v) is 5.37. The Morgan fingerprint density at radius 3 is 2.88 bits per heavy atom. The minimum absolute atomic E-state index is 0.257. The number of rotatable bonds is 3. The van der Waals surface area contributed by atoms with Crippen LogP contribution in [0, 0.1) is 11.3 Å². The standard InChI is InChI=1S/C18H20N4OS/c1-10-17-14(9-24-10)16(13(7-19)18(20)21-17)11-4-5-15(23)12(6-11)8-22(2)3/h4-6,10,23H,8-9H2,1-3H3,(H2,20,21)/t10-/m1/s1. The van der Waals surface area contributed by atoms with Crippen LogP contribution in [0.5, 0.6) is 5.75 Å². The molecule has 1 aliphatic heterocycles. The lowest BCUT2D eigenvalue weighted by Gasteiger charge is -2.16. The van der Waals surface area contributed by atoms with E-state index >= 15 is 0 Å². The van der Waals surface area contributed by atoms with Crippen LogP contribution in [0.15, 0.2) is 18.2 Å². The summed E-state index contributed by atoms with van der Waals surface area (Å²) >= 11 is 1.80. The van der Waals surface area contributed by atoms with E-state index in [0.717, 1.165) is 33.7 Å². The van der Waals surface area contributed by atoms with Crippen LogP contribution in [0.3, 0.4) is 0 Å². The minimum atomic E-state index is 0.257. The lowest BCUT2D eigenvalue weighted by molar-refractivity contribution is 0.386. The number of nitrogens with zero attached hydrogens (tertiary/aromatic N) is 3. The maximum Gasteiger partial charge on any atom is 0.142 e. The molecule has 1 atom stereocenters. The molecule has 0 aliphatic carbocycles. The Kier molecular flexibility index (Phi) is 4.39. The molecule has 5 nitrogen and oxygen atoms in total. The number of pyridine rings is 1. The zero-order valence-electron chi connectivity index (χ0n) is 14.0. The van der Waals surface area contributed by atoms with E-state index in [9.17, 15) is 10.4 Å². The molecule has 0 fully saturated rings. The molecular formula is C18H20N4OS. The number of phenols is 1. The van der Waals surface area contributed by atoms with Crippen molar-refractivity contribution < 1.29 is 5.11 Å². The van der Waals surface area contributed by atoms with Crippen LogP contribution >= 0.6 is 11.8 Å². The Morgan fingerprint density at radius 2 is 2.21 bits per heavy atom. The molecule has 2 aromatic rings. The van der Waals surface area contributed by atoms with E-state index < -0.39 is 0 Å². The monoisotopic (exact) mass is 340 g/mol. The number of hydrogen-bond acceptors (Lipinski definition) is 6. The second-order valence-corrected chi connectivity index (χ2v) is 7.59. The van der Waals surface area contributed by atoms with Gasteiger partial charge in [-0.05, 0) is 44.3 Å². The summed E-state index contributed by atoms with van der Waals surface area (Å²) in [5.41, 5.74) is 11.1. The van der Waals surface area contributed by atoms with Crippen LogP contribution in [0.2, 0.25) is 0 Å². The summed E-state index contributed by atoms with van der Waals surface area (Å²) < 4.78 is 0. The number of nitrogens with two attached hydrogens (primary N) is 1. The highest BCUT2D eigenvalue weighted by Crippen LogP contribution is 2.46. The third-order valence-electron chi connectivity index (χ3n) is 4.19. The van der Waals surface area contributed by atoms with Crippen molar-refractivity contribution in [1.29, 1.82) is 5.26 Å². The van der Waals surface area contributed by atoms with Gasteiger partial charge in [-0.15, -0.1) is 11.8 Å². The van der Waals surface area contributed by atoms with E-state index in [1.165, 1.54) is 0 Å². The molecule has 3 N–H and O–H groups in total. The van der Waals surface area contributed by atoms with E-state index in [4.69, 9.17) is 5.73 Å². The molecule has 0 bridgehead atoms. The maximum atomic E-state index is 10.1. The number of phenolic OH excluding ortho intramolecular Hbond substituents is 1. The molecule has 0 saturated heterocycles. The van der Waals surface area contributed by atoms with Crippen LogP contribution in [-0.4, -0.2) is 29.1 Å². The van der Waals surface area contributed by atoms with Crippen molar-refractivity contribution in [2.45, 2.75) is 24.5 Å². The fourth-order valence-corrected chi connectivity index (χ4v) is 4.13. The van der Waals surface area contributed by atoms with Crippen LogP contribution in [0.4, 0.5) is 5.82 Å². The number of aromatic hydroxyl groups is 1. The zero-order chi connectivity index (χ0) is 17.4. The van der Waals surface area contributed by atoms with Crippen molar-refractivity contribution in [3.63, 3.8) is 0 Å². The highest BCUT2D eigenvalue weighted by atomic mass is 32.2. The summed E-state index contributed by atoms with van der Waals surface area (Å²) in [4.78, 5) is 6.45. The van der Waals surface area contributed by atoms with Crippen LogP contribution in [-0.2, 0) is 12.3 Å². The van der Waals surface area contributed by atoms with Gasteiger partial charge in [0, 0.05) is 28.7 Å². The summed E-state index contributed by atoms with van der Waals surface area (Å²) in [5, 5.41) is 20.0. The number of hydrogen-bond donors (Lipinski definition) is 2. The van der Waals surface area contributed by atoms with Gasteiger partial charge in [-0.2, -0.15) is 5.26 Å². The lowest BCUT2D eigenvalue weighted by Crippen LogP contribution is -2.11. The fraction of sp³-hybridized carbons (Fsp3) is 0.333. The van der Waals surface area contributed by atoms with Gasteiger partial charge in [0.2, 0.25) is 0 Å². The highest BCUT2D eigenvalue weighted by Gasteiger charge is 2.28. The molecule has 0 saturated carbocycles. The van der Waals surface area contributed by atoms with Crippen molar-refractivity contribution in [3.05, 3.63) is 40.6 Å². The summed E-state index contributed by atoms with van der Waals surface area (Å²) in [7, 11) is 3.90. The van der Waals surface area contributed by atoms with E-state index in [2.05, 4.69) is 18.0 Å². The zero-order valence-corrected chi connectivity index (χ0v) is 14.8. The number of thioether (sulfide) groups is 1. The number of nitriles is 1. The van der Waals surface area contributed by atoms with Crippen LogP contribution in [0.25, 0.3) is 11.1 Å². The van der Waals surface area contributed by atoms with Gasteiger partial charge in [0.1, 0.15) is 23.2 Å². The first kappa shape index (κ1) is 16.6. The SMILES string of the molecule is C[C@H]1SCc2c1nc(N)c(C#N)c2-c1ccc(O)c(CN(C)C)c1. The maximum absolute atomic E-state index is 10.1. The van der Waals surface area contributed by atoms with Gasteiger partial charge in [-0.25, -0.2) is 4.98 Å². The minimum Gasteiger partial charge on any atom is -0.508 e. The smallest absolute Gasteiger partial charge is 0.142 e. The van der Waals surface area contributed by atoms with E-state index in [-0.39, 0.29) is 16.8 Å². The summed E-state index contributed by atoms with van der Waals surface area (Å²) in [6, 6.07) is 7.69. The summed E-state index contributed by atoms with van der Waals surface area (Å²) in [5.74, 6) is 1.35. The fourth-order valence-electron chi connectivity index (χ4n) is 3.07. The van der Waals surface area contributed by atoms with Crippen LogP contribution in [0.1, 0.15) is 34.6 Å². The van der Waals surface area contributed by atoms with Gasteiger partial charge in [0.05, 0.1) is 5.69 Å². The van der Waals surface area contributed by atoms with Crippen molar-refractivity contribution in [3.8, 4) is 22.9 Å². The van der Waals surface area contributed by atoms with Gasteiger partial charge in [-0.3, -0.25) is 0 Å². The lowest BCUT2D eigenvalue weighted by atomic mass is 9.93. The first-order valence-corrected chi connectivity index (χ1v) is 8.78. The molecule has 0 spiro atoms. The Labute approximate surface area is 146 Å². The first-order chi connectivity index (χ1) is 11.4. The van der Waals surface area contributed by atoms with Gasteiger partial charge in [0.25, 0.3) is 0 Å². The topological polar surface area (TPSA) is 86.2 Å². The molecule has 0 radical (unpaired) electrons. The molecule has 124 valence electrons. The summed E-state index contributed by atoms with van der Waals surface area (Å²) in [6.45, 7) is 2.72. The first-order valence-electron chi connectivity index (χ1n) is 7.73. The second kappa shape index (κ2) is 6.34. The normalized spacial score (nSPS) is 16.2. The Bertz CT molecular complexity index is 842. The van der Waals surface area contributed by atoms with Crippen molar-refractivity contribution in [2.75, 3.05) is 19.8 Å². The largest absolute Gasteiger partial charge is 0.508 e. The van der Waals surface area contributed by atoms with E-state index in [1.54, 1.807) is 17.8 Å². The number of benzene rings is 1. The Hall–Kier alpha value is -2.23. The molecule has 2 heterocycles. The highest BCUT2D eigenvalue weighted by molar-refractivity contribution is 7.99. The summed E-state index contributed by atoms with van der Waals surface area (Å²) in [6.07, 6.45) is 0. The number of aromatic nitrogens is 1. The average Bonchev–Trinajstić information content (AvgIpc) is 2.89. The van der Waals surface area contributed by atoms with Crippen molar-refractivity contribution >= 4 is 17.6 Å². The molecule has 1 aromatic carbocycles. The molecular weight excluding hydrogens is 320 g/mol. The molecule has 6 heteroatoms. The average molecular weight is 340 g/mol. The van der Waals surface area contributed by atoms with E-state index in [0.29, 0.717) is 12.1 Å². The van der Waals surface area contributed by atoms with Gasteiger partial charge in [0.15, 0.2) is 0 Å². The third kappa shape index (κ3) is 2.81. The predicted molar refractivity (Wildman–Crippen MR) is 97.6 cm³/mol. The second-order valence-electron chi connectivity index (χ2n) is 6.26.